The summed E-state index contributed by atoms with van der Waals surface area (Å²) in [4.78, 5) is 104. The summed E-state index contributed by atoms with van der Waals surface area (Å²) < 4.78 is 58.8. The number of aromatic nitrogens is 10. The molecule has 0 aliphatic carbocycles. The topological polar surface area (TPSA) is 614 Å². The van der Waals surface area contributed by atoms with E-state index < -0.39 is 60.1 Å². The number of nitro groups is 5. The van der Waals surface area contributed by atoms with Crippen LogP contribution in [-0.4, -0.2) is 161 Å². The molecule has 0 aliphatic heterocycles. The summed E-state index contributed by atoms with van der Waals surface area (Å²) in [5.41, 5.74) is 21.6. The zero-order valence-electron chi connectivity index (χ0n) is 67.5. The molecule has 58 heteroatoms. The van der Waals surface area contributed by atoms with E-state index in [0.717, 1.165) is 11.3 Å². The first-order valence-electron chi connectivity index (χ1n) is 32.1. The van der Waals surface area contributed by atoms with E-state index in [1.165, 1.54) is 79.2 Å². The van der Waals surface area contributed by atoms with Crippen LogP contribution in [0.1, 0.15) is 91.4 Å². The Morgan fingerprint density at radius 3 is 1.31 bits per heavy atom. The smallest absolute Gasteiger partial charge is 0.395 e. The molecule has 658 valence electrons. The third-order valence-corrected chi connectivity index (χ3v) is 16.6. The second-order valence-corrected chi connectivity index (χ2v) is 25.6. The van der Waals surface area contributed by atoms with Crippen LogP contribution in [0, 0.1) is 104 Å². The van der Waals surface area contributed by atoms with Crippen molar-refractivity contribution in [1.82, 2.24) is 50.4 Å². The number of aromatic amines is 1. The van der Waals surface area contributed by atoms with Gasteiger partial charge in [-0.3, -0.25) is 10.3 Å². The van der Waals surface area contributed by atoms with Gasteiger partial charge >= 0.3 is 71.8 Å². The number of nitrogens with two attached hydrogens (primary N) is 3. The minimum Gasteiger partial charge on any atom is -0.492 e. The van der Waals surface area contributed by atoms with Gasteiger partial charge in [0, 0.05) is 269 Å². The van der Waals surface area contributed by atoms with Gasteiger partial charge in [0.1, 0.15) is 72.7 Å². The van der Waals surface area contributed by atoms with E-state index in [1.807, 2.05) is 13.8 Å². The summed E-state index contributed by atoms with van der Waals surface area (Å²) in [5, 5.41) is 72.9. The summed E-state index contributed by atoms with van der Waals surface area (Å²) in [6, 6.07) is 6.83. The zero-order chi connectivity index (χ0) is 87.9. The summed E-state index contributed by atoms with van der Waals surface area (Å²) >= 11 is 22.1. The molecule has 0 saturated carbocycles. The van der Waals surface area contributed by atoms with Crippen LogP contribution in [0.3, 0.4) is 0 Å². The number of fused-ring (bicyclic) bond motifs is 1. The standard InChI is InChI=1S/C16H16N4O6.C16H18N4O4.C11H10ClN3O4.C6H4BrClN2O3.C6H6BrN3O3.C6H7N3O3.C4H9NS.CH4.BHNS.Fe.Pd.5Y/c1-6-25-16(21)13(17-4)10-7-11(24-5)14(18-15(10)20(22)23)12-8(2)19-26-9(12)3;1-5-23-16(21)12-9-6-10(22-4)13(18-15(9)19-14(12)17)11-7(2)20-24-8(11)3;1-5-9(6(2)19-14-5)10-8(18-3)4-7(12)11(13-10)15(16)17;2*1-13-4-2-3(8)6(10(11)12)9-5(4)7;1-12-4-2-5(7)6(8-3-4)9(10)11;1-3-6-4(2)5;;1-2-3;;;;;;;/h7,13H,6H2,1-3,5H3;6H,5,17H2,1-4H3,(H,18,19);4H,1-3H3;2H,1H3;2H,8H2,1H3;2-3H,7H2,1H3;5H,3H2,1-2H3;1H4;3H;;;;;;;. The Kier molecular flexibility index (Phi) is 66.6. The maximum absolute atomic E-state index is 12.1. The Hall–Kier alpha value is -5.82. The molecule has 0 fully saturated rings. The maximum atomic E-state index is 12.1. The van der Waals surface area contributed by atoms with Crippen LogP contribution in [-0.2, 0) is 215 Å². The van der Waals surface area contributed by atoms with Crippen LogP contribution < -0.4 is 45.6 Å². The quantitative estimate of drug-likeness (QED) is 0.00475. The molecule has 124 heavy (non-hydrogen) atoms. The van der Waals surface area contributed by atoms with Gasteiger partial charge in [0.25, 0.3) is 9.21 Å². The first-order chi connectivity index (χ1) is 54.7. The number of methoxy groups -OCH3 is 6. The number of nitrogens with zero attached hydrogens (tertiary/aromatic N) is 16. The van der Waals surface area contributed by atoms with Crippen molar-refractivity contribution in [3.63, 3.8) is 0 Å². The normalized spacial score (nSPS) is 9.60. The number of pyridine rings is 6. The van der Waals surface area contributed by atoms with Crippen LogP contribution in [0.25, 0.3) is 49.7 Å². The SMILES string of the molecule is C.CCOC(=O)c1c(N)[nH]c2nc(-c3c(C)noc3C)c(OC)cc12.CCSC(C)=N.COc1cc(Cl)c([N+](=O)[O-])nc1-c1c(C)noc1C.COc1cc(Cl)c([N+](=O)[O-])nc1Br.COc1cc(N)c([N+](=O)[O-])nc1Br.COc1cnc([N+](=O)[O-])c(N)c1.[B]=NS.[C-]#[N+]C(C(=O)OCC)c1cc(OC)c(-c2c(C)noc2C)nc1[N+](=O)[O-].[Fe].[Pd].[Y].[Y].[Y].[Y].[Y]. The van der Waals surface area contributed by atoms with Crippen molar-refractivity contribution in [3.8, 4) is 68.3 Å². The predicted octanol–water partition coefficient (Wildman–Crippen LogP) is 15.2. The van der Waals surface area contributed by atoms with E-state index in [2.05, 4.69) is 112 Å². The number of thioether (sulfide) groups is 1. The van der Waals surface area contributed by atoms with E-state index in [-0.39, 0.29) is 298 Å². The summed E-state index contributed by atoms with van der Waals surface area (Å²) in [5.74, 6) is 1.26. The molecule has 1 unspecified atom stereocenters. The maximum Gasteiger partial charge on any atom is 0.395 e. The fourth-order valence-corrected chi connectivity index (χ4v) is 11.1. The Morgan fingerprint density at radius 1 is 0.605 bits per heavy atom. The average Bonchev–Trinajstić information content (AvgIpc) is 1.58. The van der Waals surface area contributed by atoms with Gasteiger partial charge in [-0.15, -0.1) is 11.8 Å². The minimum absolute atomic E-state index is 0. The largest absolute Gasteiger partial charge is 0.492 e. The monoisotopic (exact) mass is 2440 g/mol. The summed E-state index contributed by atoms with van der Waals surface area (Å²) in [6.45, 7) is 25.0. The molecule has 10 rings (SSSR count). The molecule has 0 aliphatic rings. The van der Waals surface area contributed by atoms with E-state index in [9.17, 15) is 60.2 Å². The van der Waals surface area contributed by atoms with E-state index >= 15 is 0 Å². The molecule has 8 N–H and O–H groups in total. The van der Waals surface area contributed by atoms with Crippen molar-refractivity contribution in [2.75, 3.05) is 78.8 Å². The van der Waals surface area contributed by atoms with Gasteiger partial charge in [-0.2, -0.15) is 0 Å². The predicted molar refractivity (Wildman–Crippen MR) is 441 cm³/mol. The molecular formula is C66H75BBr2Cl2FeN21O23PdS2Y5. The molecular weight excluding hydrogens is 2370 g/mol. The van der Waals surface area contributed by atoms with Gasteiger partial charge in [0.2, 0.25) is 11.4 Å². The first kappa shape index (κ1) is 129. The fraction of sp³-hybridized carbons (Fsp3) is 0.318. The first-order valence-corrected chi connectivity index (χ1v) is 35.8. The van der Waals surface area contributed by atoms with Crippen molar-refractivity contribution in [2.24, 2.45) is 4.30 Å². The molecule has 0 saturated heterocycles. The van der Waals surface area contributed by atoms with Gasteiger partial charge < -0.3 is 124 Å². The van der Waals surface area contributed by atoms with E-state index in [4.69, 9.17) is 104 Å². The number of ether oxygens (including phenoxy) is 8. The number of rotatable bonds is 20. The summed E-state index contributed by atoms with van der Waals surface area (Å²) in [7, 11) is 12.9. The van der Waals surface area contributed by atoms with Crippen LogP contribution in [0.2, 0.25) is 10.0 Å². The van der Waals surface area contributed by atoms with Gasteiger partial charge in [-0.05, 0) is 124 Å². The minimum atomic E-state index is -1.52. The molecule has 44 nitrogen and oxygen atoms in total. The number of thiol groups is 1. The number of esters is 2. The molecule has 1 atom stereocenters. The number of H-pyrrole nitrogens is 1. The van der Waals surface area contributed by atoms with Crippen molar-refractivity contribution >= 4 is 162 Å². The second kappa shape index (κ2) is 64.0. The number of nitrogen functional groups attached to an aromatic ring is 3. The number of carbonyl (C=O) groups is 2. The van der Waals surface area contributed by atoms with Gasteiger partial charge in [0.15, 0.2) is 34.9 Å². The molecule has 10 heterocycles. The number of carbonyl (C=O) groups excluding carboxylic acids is 2. The number of aryl methyl sites for hydroxylation is 6. The van der Waals surface area contributed by atoms with Crippen molar-refractivity contribution in [3.05, 3.63) is 169 Å². The number of hydrogen-bond acceptors (Lipinski definition) is 39. The van der Waals surface area contributed by atoms with E-state index in [0.29, 0.717) is 96.0 Å². The number of nitrogens with one attached hydrogen (secondary N) is 2. The Bertz CT molecular complexity index is 5210. The Balaban J connectivity index is -0.000000332. The average molecular weight is 2440 g/mol. The molecule has 0 amide bonds. The molecule has 0 aromatic carbocycles. The van der Waals surface area contributed by atoms with Crippen LogP contribution in [0.4, 0.5) is 46.3 Å². The van der Waals surface area contributed by atoms with Crippen molar-refractivity contribution in [2.45, 2.75) is 82.7 Å². The van der Waals surface area contributed by atoms with Crippen LogP contribution >= 0.6 is 79.6 Å². The molecule has 0 spiro atoms. The molecule has 10 aromatic heterocycles. The Morgan fingerprint density at radius 2 is 0.968 bits per heavy atom. The number of hydrogen-bond donors (Lipinski definition) is 6. The zero-order valence-corrected chi connectivity index (χ0v) is 90.8. The van der Waals surface area contributed by atoms with Gasteiger partial charge in [-0.1, -0.05) is 53.0 Å². The third kappa shape index (κ3) is 36.6. The van der Waals surface area contributed by atoms with Gasteiger partial charge in [-0.25, -0.2) is 21.1 Å². The Labute approximate surface area is 895 Å². The molecule has 10 aromatic rings. The number of anilines is 3. The molecule has 0 bridgehead atoms. The molecule has 6 radical (unpaired) electrons. The van der Waals surface area contributed by atoms with Gasteiger partial charge in [0.05, 0.1) is 94.7 Å². The van der Waals surface area contributed by atoms with Crippen molar-refractivity contribution in [1.29, 1.82) is 5.41 Å². The number of halogens is 4. The third-order valence-electron chi connectivity index (χ3n) is 14.2. The fourth-order valence-electron chi connectivity index (χ4n) is 9.33. The summed E-state index contributed by atoms with van der Waals surface area (Å²) in [6.07, 6.45) is 1.24. The van der Waals surface area contributed by atoms with Crippen molar-refractivity contribution < 1.29 is 287 Å². The van der Waals surface area contributed by atoms with Crippen LogP contribution in [0.15, 0.2) is 69.7 Å². The second-order valence-electron chi connectivity index (χ2n) is 21.6. The van der Waals surface area contributed by atoms with E-state index in [1.54, 1.807) is 73.2 Å². The van der Waals surface area contributed by atoms with Crippen LogP contribution in [0.5, 0.6) is 34.5 Å².